The van der Waals surface area contributed by atoms with Crippen LogP contribution in [0.1, 0.15) is 67.7 Å². The minimum Gasteiger partial charge on any atom is -0.456 e. The standard InChI is InChI=1S/C22H31N3O5/c1-14(2)7-10-24-15(3)11-17(16(24)4)18(26)13-30-19(27)12-25-20(28)22(23-21(25)29)8-5-6-9-22/h11,14H,5-10,12-13H2,1-4H3,(H,23,29). The van der Waals surface area contributed by atoms with Crippen LogP contribution in [0.2, 0.25) is 0 Å². The summed E-state index contributed by atoms with van der Waals surface area (Å²) in [6, 6.07) is 1.24. The molecule has 1 N–H and O–H groups in total. The summed E-state index contributed by atoms with van der Waals surface area (Å²) in [4.78, 5) is 50.4. The number of hydrogen-bond donors (Lipinski definition) is 1. The Kier molecular flexibility index (Phi) is 6.33. The number of imide groups is 1. The Bertz CT molecular complexity index is 864. The van der Waals surface area contributed by atoms with E-state index >= 15 is 0 Å². The molecule has 2 fully saturated rings. The highest BCUT2D eigenvalue weighted by molar-refractivity contribution is 6.09. The molecular weight excluding hydrogens is 386 g/mol. The minimum absolute atomic E-state index is 0.295. The molecule has 1 aromatic rings. The van der Waals surface area contributed by atoms with Gasteiger partial charge in [-0.1, -0.05) is 26.7 Å². The van der Waals surface area contributed by atoms with Crippen LogP contribution < -0.4 is 5.32 Å². The van der Waals surface area contributed by atoms with E-state index in [-0.39, 0.29) is 11.7 Å². The third kappa shape index (κ3) is 4.27. The molecule has 0 atom stereocenters. The van der Waals surface area contributed by atoms with Crippen LogP contribution in [0.4, 0.5) is 4.79 Å². The first-order valence-corrected chi connectivity index (χ1v) is 10.6. The molecule has 2 heterocycles. The van der Waals surface area contributed by atoms with Gasteiger partial charge in [-0.3, -0.25) is 19.3 Å². The maximum atomic E-state index is 12.6. The van der Waals surface area contributed by atoms with E-state index in [0.717, 1.165) is 42.1 Å². The molecule has 1 saturated carbocycles. The van der Waals surface area contributed by atoms with E-state index in [1.165, 1.54) is 0 Å². The number of nitrogens with zero attached hydrogens (tertiary/aromatic N) is 2. The van der Waals surface area contributed by atoms with E-state index < -0.39 is 30.7 Å². The molecule has 1 spiro atoms. The van der Waals surface area contributed by atoms with Crippen molar-refractivity contribution in [3.8, 4) is 0 Å². The number of carbonyl (C=O) groups excluding carboxylic acids is 4. The second kappa shape index (κ2) is 8.62. The molecule has 8 nitrogen and oxygen atoms in total. The topological polar surface area (TPSA) is 97.7 Å². The summed E-state index contributed by atoms with van der Waals surface area (Å²) < 4.78 is 7.20. The average molecular weight is 418 g/mol. The Morgan fingerprint density at radius 3 is 2.50 bits per heavy atom. The third-order valence-electron chi connectivity index (χ3n) is 6.16. The highest BCUT2D eigenvalue weighted by Crippen LogP contribution is 2.34. The number of ether oxygens (including phenoxy) is 1. The predicted octanol–water partition coefficient (Wildman–Crippen LogP) is 2.74. The van der Waals surface area contributed by atoms with Crippen LogP contribution in [0.3, 0.4) is 0 Å². The van der Waals surface area contributed by atoms with Gasteiger partial charge in [-0.15, -0.1) is 0 Å². The molecule has 30 heavy (non-hydrogen) atoms. The molecular formula is C22H31N3O5. The normalized spacial score (nSPS) is 17.8. The first kappa shape index (κ1) is 22.1. The number of amides is 3. The van der Waals surface area contributed by atoms with Crippen molar-refractivity contribution < 1.29 is 23.9 Å². The summed E-state index contributed by atoms with van der Waals surface area (Å²) in [6.45, 7) is 8.08. The molecule has 8 heteroatoms. The molecule has 2 aliphatic rings. The molecule has 0 aromatic carbocycles. The maximum Gasteiger partial charge on any atom is 0.326 e. The van der Waals surface area contributed by atoms with E-state index in [9.17, 15) is 19.2 Å². The third-order valence-corrected chi connectivity index (χ3v) is 6.16. The lowest BCUT2D eigenvalue weighted by molar-refractivity contribution is -0.146. The van der Waals surface area contributed by atoms with Gasteiger partial charge >= 0.3 is 12.0 Å². The molecule has 1 aliphatic heterocycles. The van der Waals surface area contributed by atoms with Gasteiger partial charge in [0.25, 0.3) is 5.91 Å². The van der Waals surface area contributed by atoms with Gasteiger partial charge in [0.1, 0.15) is 12.1 Å². The number of aromatic nitrogens is 1. The Morgan fingerprint density at radius 1 is 1.20 bits per heavy atom. The van der Waals surface area contributed by atoms with Crippen molar-refractivity contribution >= 4 is 23.7 Å². The van der Waals surface area contributed by atoms with Crippen molar-refractivity contribution in [2.45, 2.75) is 71.9 Å². The van der Waals surface area contributed by atoms with Gasteiger partial charge in [-0.25, -0.2) is 4.79 Å². The number of ketones is 1. The lowest BCUT2D eigenvalue weighted by Crippen LogP contribution is -2.44. The zero-order valence-electron chi connectivity index (χ0n) is 18.2. The van der Waals surface area contributed by atoms with Crippen molar-refractivity contribution in [3.63, 3.8) is 0 Å². The second-order valence-corrected chi connectivity index (χ2v) is 8.81. The molecule has 0 unspecified atom stereocenters. The van der Waals surface area contributed by atoms with Gasteiger partial charge in [0.15, 0.2) is 6.61 Å². The van der Waals surface area contributed by atoms with Crippen molar-refractivity contribution in [1.82, 2.24) is 14.8 Å². The Morgan fingerprint density at radius 2 is 1.87 bits per heavy atom. The summed E-state index contributed by atoms with van der Waals surface area (Å²) in [7, 11) is 0. The molecule has 1 aliphatic carbocycles. The van der Waals surface area contributed by atoms with Crippen LogP contribution >= 0.6 is 0 Å². The fraction of sp³-hybridized carbons (Fsp3) is 0.636. The number of Topliss-reactive ketones (excluding diaryl/α,β-unsaturated/α-hetero) is 1. The second-order valence-electron chi connectivity index (χ2n) is 8.81. The Balaban J connectivity index is 1.56. The average Bonchev–Trinajstić information content (AvgIpc) is 3.33. The Labute approximate surface area is 176 Å². The SMILES string of the molecule is Cc1cc(C(=O)COC(=O)CN2C(=O)NC3(CCCC3)C2=O)c(C)n1CCC(C)C. The summed E-state index contributed by atoms with van der Waals surface area (Å²) >= 11 is 0. The van der Waals surface area contributed by atoms with Crippen molar-refractivity contribution in [1.29, 1.82) is 0 Å². The largest absolute Gasteiger partial charge is 0.456 e. The van der Waals surface area contributed by atoms with Crippen LogP contribution in [0.15, 0.2) is 6.07 Å². The van der Waals surface area contributed by atoms with Crippen molar-refractivity contribution in [2.24, 2.45) is 5.92 Å². The fourth-order valence-corrected chi connectivity index (χ4v) is 4.35. The van der Waals surface area contributed by atoms with Gasteiger partial charge in [0.05, 0.1) is 0 Å². The van der Waals surface area contributed by atoms with Crippen LogP contribution in [-0.4, -0.2) is 51.8 Å². The molecule has 0 radical (unpaired) electrons. The summed E-state index contributed by atoms with van der Waals surface area (Å²) in [6.07, 6.45) is 3.93. The Hall–Kier alpha value is -2.64. The summed E-state index contributed by atoms with van der Waals surface area (Å²) in [5, 5.41) is 2.72. The molecule has 3 rings (SSSR count). The quantitative estimate of drug-likeness (QED) is 0.398. The summed E-state index contributed by atoms with van der Waals surface area (Å²) in [5.41, 5.74) is 1.51. The van der Waals surface area contributed by atoms with Crippen LogP contribution in [0.25, 0.3) is 0 Å². The number of urea groups is 1. The lowest BCUT2D eigenvalue weighted by atomic mass is 9.98. The molecule has 0 bridgehead atoms. The van der Waals surface area contributed by atoms with Crippen molar-refractivity contribution in [3.05, 3.63) is 23.0 Å². The van der Waals surface area contributed by atoms with E-state index in [1.807, 2.05) is 19.9 Å². The van der Waals surface area contributed by atoms with Gasteiger partial charge in [-0.05, 0) is 45.1 Å². The van der Waals surface area contributed by atoms with E-state index in [1.54, 1.807) is 0 Å². The molecule has 3 amide bonds. The number of aryl methyl sites for hydroxylation is 1. The summed E-state index contributed by atoms with van der Waals surface area (Å²) in [5.74, 6) is -0.880. The molecule has 1 aromatic heterocycles. The first-order chi connectivity index (χ1) is 14.1. The van der Waals surface area contributed by atoms with Crippen molar-refractivity contribution in [2.75, 3.05) is 13.2 Å². The van der Waals surface area contributed by atoms with Gasteiger partial charge in [0, 0.05) is 23.5 Å². The minimum atomic E-state index is -0.860. The van der Waals surface area contributed by atoms with Gasteiger partial charge < -0.3 is 14.6 Å². The van der Waals surface area contributed by atoms with E-state index in [2.05, 4.69) is 23.7 Å². The zero-order valence-corrected chi connectivity index (χ0v) is 18.2. The number of rotatable bonds is 8. The zero-order chi connectivity index (χ0) is 22.1. The number of hydrogen-bond acceptors (Lipinski definition) is 5. The fourth-order valence-electron chi connectivity index (χ4n) is 4.35. The highest BCUT2D eigenvalue weighted by atomic mass is 16.5. The molecule has 1 saturated heterocycles. The molecule has 164 valence electrons. The van der Waals surface area contributed by atoms with Crippen LogP contribution in [0.5, 0.6) is 0 Å². The number of carbonyl (C=O) groups is 4. The predicted molar refractivity (Wildman–Crippen MR) is 110 cm³/mol. The smallest absolute Gasteiger partial charge is 0.326 e. The van der Waals surface area contributed by atoms with Gasteiger partial charge in [0.2, 0.25) is 5.78 Å². The maximum absolute atomic E-state index is 12.6. The van der Waals surface area contributed by atoms with Crippen LogP contribution in [-0.2, 0) is 20.9 Å². The number of nitrogens with one attached hydrogen (secondary N) is 1. The van der Waals surface area contributed by atoms with Crippen LogP contribution in [0, 0.1) is 19.8 Å². The first-order valence-electron chi connectivity index (χ1n) is 10.6. The number of esters is 1. The van der Waals surface area contributed by atoms with E-state index in [4.69, 9.17) is 4.74 Å². The monoisotopic (exact) mass is 417 g/mol. The lowest BCUT2D eigenvalue weighted by Gasteiger charge is -2.19. The van der Waals surface area contributed by atoms with Gasteiger partial charge in [-0.2, -0.15) is 0 Å². The highest BCUT2D eigenvalue weighted by Gasteiger charge is 2.52. The van der Waals surface area contributed by atoms with E-state index in [0.29, 0.717) is 24.3 Å².